The molecule has 0 saturated heterocycles. The van der Waals surface area contributed by atoms with Crippen LogP contribution in [0.1, 0.15) is 7.43 Å². The predicted octanol–water partition coefficient (Wildman–Crippen LogP) is 5.78. The van der Waals surface area contributed by atoms with E-state index in [-0.39, 0.29) is 18.9 Å². The lowest BCUT2D eigenvalue weighted by Gasteiger charge is -2.09. The average Bonchev–Trinajstić information content (AvgIpc) is 2.25. The molecule has 2 nitrogen and oxygen atoms in total. The first kappa shape index (κ1) is 15.0. The van der Waals surface area contributed by atoms with Crippen LogP contribution in [-0.4, -0.2) is 5.11 Å². The van der Waals surface area contributed by atoms with Gasteiger partial charge in [-0.15, -0.1) is 0 Å². The van der Waals surface area contributed by atoms with Gasteiger partial charge < -0.3 is 9.84 Å². The van der Waals surface area contributed by atoms with Crippen LogP contribution in [0.3, 0.4) is 0 Å². The van der Waals surface area contributed by atoms with Gasteiger partial charge in [-0.3, -0.25) is 0 Å². The summed E-state index contributed by atoms with van der Waals surface area (Å²) in [6, 6.07) is 9.39. The Labute approximate surface area is 121 Å². The third-order valence-corrected chi connectivity index (χ3v) is 2.80. The smallest absolute Gasteiger partial charge is 0.169 e. The maximum absolute atomic E-state index is 9.62. The normalized spacial score (nSPS) is 9.72. The first-order valence-electron chi connectivity index (χ1n) is 4.67. The molecule has 0 unspecified atom stereocenters. The molecule has 0 aliphatic carbocycles. The number of ether oxygens (including phenoxy) is 1. The lowest BCUT2D eigenvalue weighted by Crippen LogP contribution is -1.86. The van der Waals surface area contributed by atoms with E-state index in [4.69, 9.17) is 39.5 Å². The van der Waals surface area contributed by atoms with Gasteiger partial charge in [-0.05, 0) is 30.3 Å². The Hall–Kier alpha value is -1.09. The van der Waals surface area contributed by atoms with Gasteiger partial charge in [0.1, 0.15) is 5.75 Å². The minimum absolute atomic E-state index is 0. The van der Waals surface area contributed by atoms with E-state index in [2.05, 4.69) is 0 Å². The van der Waals surface area contributed by atoms with Crippen LogP contribution in [-0.2, 0) is 0 Å². The lowest BCUT2D eigenvalue weighted by atomic mass is 10.3. The van der Waals surface area contributed by atoms with Crippen molar-refractivity contribution in [2.75, 3.05) is 0 Å². The van der Waals surface area contributed by atoms with Crippen molar-refractivity contribution in [1.29, 1.82) is 0 Å². The summed E-state index contributed by atoms with van der Waals surface area (Å²) in [5.74, 6) is 0.635. The van der Waals surface area contributed by atoms with Gasteiger partial charge in [-0.2, -0.15) is 0 Å². The van der Waals surface area contributed by atoms with Crippen molar-refractivity contribution in [2.24, 2.45) is 0 Å². The molecule has 18 heavy (non-hydrogen) atoms. The summed E-state index contributed by atoms with van der Waals surface area (Å²) in [5.41, 5.74) is 0. The Morgan fingerprint density at radius 1 is 0.833 bits per heavy atom. The fraction of sp³-hybridized carbons (Fsp3) is 0.0769. The van der Waals surface area contributed by atoms with E-state index in [0.717, 1.165) is 0 Å². The molecule has 2 aromatic rings. The number of hydrogen-bond donors (Lipinski definition) is 1. The quantitative estimate of drug-likeness (QED) is 0.762. The van der Waals surface area contributed by atoms with Crippen molar-refractivity contribution in [1.82, 2.24) is 0 Å². The van der Waals surface area contributed by atoms with Crippen molar-refractivity contribution in [3.8, 4) is 17.2 Å². The van der Waals surface area contributed by atoms with Crippen molar-refractivity contribution >= 4 is 34.8 Å². The van der Waals surface area contributed by atoms with E-state index < -0.39 is 0 Å². The lowest BCUT2D eigenvalue weighted by molar-refractivity contribution is 0.411. The second-order valence-electron chi connectivity index (χ2n) is 3.29. The summed E-state index contributed by atoms with van der Waals surface area (Å²) in [5, 5.41) is 10.9. The molecule has 0 bridgehead atoms. The monoisotopic (exact) mass is 304 g/mol. The minimum atomic E-state index is -0.0523. The van der Waals surface area contributed by atoms with Gasteiger partial charge >= 0.3 is 0 Å². The Kier molecular flexibility index (Phi) is 5.15. The molecule has 0 atom stereocenters. The Balaban J connectivity index is 0.00000162. The summed E-state index contributed by atoms with van der Waals surface area (Å²) in [6.45, 7) is 0. The number of rotatable bonds is 2. The molecule has 2 rings (SSSR count). The molecule has 0 radical (unpaired) electrons. The number of aromatic hydroxyl groups is 1. The third-order valence-electron chi connectivity index (χ3n) is 2.03. The maximum atomic E-state index is 9.62. The SMILES string of the molecule is C.Oc1cc(Cl)ccc1Oc1ccc(Cl)cc1Cl. The van der Waals surface area contributed by atoms with Gasteiger partial charge in [0.05, 0.1) is 5.02 Å². The summed E-state index contributed by atoms with van der Waals surface area (Å²) in [6.07, 6.45) is 0. The molecule has 0 spiro atoms. The summed E-state index contributed by atoms with van der Waals surface area (Å²) in [4.78, 5) is 0. The summed E-state index contributed by atoms with van der Waals surface area (Å²) >= 11 is 17.4. The fourth-order valence-corrected chi connectivity index (χ4v) is 1.87. The van der Waals surface area contributed by atoms with Crippen LogP contribution in [0.4, 0.5) is 0 Å². The number of halogens is 3. The number of phenolic OH excluding ortho intramolecular Hbond substituents is 1. The van der Waals surface area contributed by atoms with E-state index in [9.17, 15) is 5.11 Å². The van der Waals surface area contributed by atoms with Crippen molar-refractivity contribution < 1.29 is 9.84 Å². The Bertz CT molecular complexity index is 506. The van der Waals surface area contributed by atoms with E-state index in [1.807, 2.05) is 0 Å². The Morgan fingerprint density at radius 2 is 1.39 bits per heavy atom. The zero-order chi connectivity index (χ0) is 12.4. The highest BCUT2D eigenvalue weighted by Crippen LogP contribution is 2.36. The molecule has 2 aromatic carbocycles. The van der Waals surface area contributed by atoms with Crippen molar-refractivity contribution in [3.63, 3.8) is 0 Å². The second-order valence-corrected chi connectivity index (χ2v) is 4.57. The van der Waals surface area contributed by atoms with Gasteiger partial charge in [-0.25, -0.2) is 0 Å². The maximum Gasteiger partial charge on any atom is 0.169 e. The average molecular weight is 306 g/mol. The fourth-order valence-electron chi connectivity index (χ4n) is 1.25. The molecule has 96 valence electrons. The van der Waals surface area contributed by atoms with Gasteiger partial charge in [0.25, 0.3) is 0 Å². The molecular weight excluding hydrogens is 294 g/mol. The van der Waals surface area contributed by atoms with Gasteiger partial charge in [0.15, 0.2) is 11.5 Å². The van der Waals surface area contributed by atoms with E-state index in [1.165, 1.54) is 6.07 Å². The van der Waals surface area contributed by atoms with Crippen molar-refractivity contribution in [3.05, 3.63) is 51.5 Å². The number of hydrogen-bond acceptors (Lipinski definition) is 2. The number of phenols is 1. The first-order valence-corrected chi connectivity index (χ1v) is 5.81. The van der Waals surface area contributed by atoms with Crippen LogP contribution in [0.25, 0.3) is 0 Å². The van der Waals surface area contributed by atoms with Crippen LogP contribution >= 0.6 is 34.8 Å². The molecular formula is C13H11Cl3O2. The summed E-state index contributed by atoms with van der Waals surface area (Å²) < 4.78 is 5.45. The molecule has 0 fully saturated rings. The molecule has 0 aromatic heterocycles. The molecule has 0 saturated carbocycles. The van der Waals surface area contributed by atoms with Crippen molar-refractivity contribution in [2.45, 2.75) is 7.43 Å². The standard InChI is InChI=1S/C12H7Cl3O2.CH4/c13-7-1-3-11(9(15)5-7)17-12-4-2-8(14)6-10(12)16;/h1-6,16H;1H4. The Morgan fingerprint density at radius 3 is 1.94 bits per heavy atom. The highest BCUT2D eigenvalue weighted by molar-refractivity contribution is 6.35. The third kappa shape index (κ3) is 3.45. The van der Waals surface area contributed by atoms with E-state index in [1.54, 1.807) is 30.3 Å². The zero-order valence-electron chi connectivity index (χ0n) is 8.45. The highest BCUT2D eigenvalue weighted by atomic mass is 35.5. The largest absolute Gasteiger partial charge is 0.504 e. The zero-order valence-corrected chi connectivity index (χ0v) is 10.7. The minimum Gasteiger partial charge on any atom is -0.504 e. The van der Waals surface area contributed by atoms with Crippen LogP contribution < -0.4 is 4.74 Å². The predicted molar refractivity (Wildman–Crippen MR) is 76.4 cm³/mol. The van der Waals surface area contributed by atoms with Crippen LogP contribution in [0.5, 0.6) is 17.2 Å². The summed E-state index contributed by atoms with van der Waals surface area (Å²) in [7, 11) is 0. The molecule has 0 aliphatic heterocycles. The highest BCUT2D eigenvalue weighted by Gasteiger charge is 2.08. The first-order chi connectivity index (χ1) is 8.06. The molecule has 0 amide bonds. The molecule has 1 N–H and O–H groups in total. The van der Waals surface area contributed by atoms with Gasteiger partial charge in [0.2, 0.25) is 0 Å². The van der Waals surface area contributed by atoms with E-state index in [0.29, 0.717) is 20.8 Å². The topological polar surface area (TPSA) is 29.5 Å². The molecule has 0 heterocycles. The van der Waals surface area contributed by atoms with Crippen LogP contribution in [0, 0.1) is 0 Å². The van der Waals surface area contributed by atoms with Crippen LogP contribution in [0.15, 0.2) is 36.4 Å². The van der Waals surface area contributed by atoms with Crippen LogP contribution in [0.2, 0.25) is 15.1 Å². The van der Waals surface area contributed by atoms with Gasteiger partial charge in [-0.1, -0.05) is 42.2 Å². The molecule has 5 heteroatoms. The molecule has 0 aliphatic rings. The van der Waals surface area contributed by atoms with E-state index >= 15 is 0 Å². The second kappa shape index (κ2) is 6.19. The number of benzene rings is 2. The van der Waals surface area contributed by atoms with Gasteiger partial charge in [0, 0.05) is 16.1 Å².